The van der Waals surface area contributed by atoms with E-state index in [-0.39, 0.29) is 0 Å². The first-order chi connectivity index (χ1) is 7.79. The molecular formula is C14H15NO. The Hall–Kier alpha value is -1.83. The number of hydrogen-bond acceptors (Lipinski definition) is 1. The normalized spacial score (nSPS) is 10.3. The molecule has 0 spiro atoms. The molecule has 2 nitrogen and oxygen atoms in total. The first kappa shape index (κ1) is 10.7. The van der Waals surface area contributed by atoms with Gasteiger partial charge in [-0.05, 0) is 31.0 Å². The Bertz CT molecular complexity index is 485. The largest absolute Gasteiger partial charge is 0.345 e. The van der Waals surface area contributed by atoms with E-state index in [1.165, 1.54) is 11.1 Å². The molecule has 0 fully saturated rings. The SMILES string of the molecule is Cc1cccc(CCn2cccc2C=O)c1. The van der Waals surface area contributed by atoms with Crippen LogP contribution in [0.5, 0.6) is 0 Å². The van der Waals surface area contributed by atoms with Gasteiger partial charge in [-0.15, -0.1) is 0 Å². The molecule has 16 heavy (non-hydrogen) atoms. The molecule has 1 aromatic carbocycles. The van der Waals surface area contributed by atoms with Crippen molar-refractivity contribution in [1.82, 2.24) is 4.57 Å². The molecule has 0 saturated heterocycles. The van der Waals surface area contributed by atoms with Crippen molar-refractivity contribution in [2.24, 2.45) is 0 Å². The third kappa shape index (κ3) is 2.40. The molecule has 0 aliphatic heterocycles. The van der Waals surface area contributed by atoms with Gasteiger partial charge in [-0.25, -0.2) is 0 Å². The van der Waals surface area contributed by atoms with Crippen molar-refractivity contribution in [1.29, 1.82) is 0 Å². The van der Waals surface area contributed by atoms with Crippen molar-refractivity contribution < 1.29 is 4.79 Å². The van der Waals surface area contributed by atoms with E-state index in [2.05, 4.69) is 31.2 Å². The van der Waals surface area contributed by atoms with Crippen LogP contribution in [0.3, 0.4) is 0 Å². The Morgan fingerprint density at radius 1 is 1.25 bits per heavy atom. The number of carbonyl (C=O) groups excluding carboxylic acids is 1. The van der Waals surface area contributed by atoms with Crippen LogP contribution in [-0.2, 0) is 13.0 Å². The number of hydrogen-bond donors (Lipinski definition) is 0. The topological polar surface area (TPSA) is 22.0 Å². The monoisotopic (exact) mass is 213 g/mol. The van der Waals surface area contributed by atoms with Crippen LogP contribution < -0.4 is 0 Å². The zero-order valence-corrected chi connectivity index (χ0v) is 9.39. The summed E-state index contributed by atoms with van der Waals surface area (Å²) in [5.74, 6) is 0. The Morgan fingerprint density at radius 2 is 2.12 bits per heavy atom. The van der Waals surface area contributed by atoms with Crippen LogP contribution in [0.2, 0.25) is 0 Å². The first-order valence-electron chi connectivity index (χ1n) is 5.45. The predicted octanol–water partition coefficient (Wildman–Crippen LogP) is 2.85. The average molecular weight is 213 g/mol. The molecule has 0 atom stereocenters. The van der Waals surface area contributed by atoms with Gasteiger partial charge in [-0.2, -0.15) is 0 Å². The van der Waals surface area contributed by atoms with Gasteiger partial charge < -0.3 is 4.57 Å². The summed E-state index contributed by atoms with van der Waals surface area (Å²) in [6.07, 6.45) is 3.80. The van der Waals surface area contributed by atoms with E-state index in [9.17, 15) is 4.79 Å². The average Bonchev–Trinajstić information content (AvgIpc) is 2.74. The third-order valence-corrected chi connectivity index (χ3v) is 2.71. The molecule has 2 heteroatoms. The number of benzene rings is 1. The summed E-state index contributed by atoms with van der Waals surface area (Å²) in [6, 6.07) is 12.2. The number of nitrogens with zero attached hydrogens (tertiary/aromatic N) is 1. The molecule has 2 rings (SSSR count). The summed E-state index contributed by atoms with van der Waals surface area (Å²) < 4.78 is 1.98. The molecular weight excluding hydrogens is 198 g/mol. The maximum Gasteiger partial charge on any atom is 0.166 e. The van der Waals surface area contributed by atoms with E-state index in [0.29, 0.717) is 0 Å². The summed E-state index contributed by atoms with van der Waals surface area (Å²) in [5.41, 5.74) is 3.33. The molecule has 0 N–H and O–H groups in total. The van der Waals surface area contributed by atoms with Gasteiger partial charge in [0.05, 0.1) is 5.69 Å². The quantitative estimate of drug-likeness (QED) is 0.716. The lowest BCUT2D eigenvalue weighted by atomic mass is 10.1. The Balaban J connectivity index is 2.05. The minimum atomic E-state index is 0.743. The molecule has 0 aliphatic rings. The van der Waals surface area contributed by atoms with Crippen LogP contribution in [0.4, 0.5) is 0 Å². The van der Waals surface area contributed by atoms with Gasteiger partial charge >= 0.3 is 0 Å². The maximum atomic E-state index is 10.7. The molecule has 1 heterocycles. The van der Waals surface area contributed by atoms with Crippen molar-refractivity contribution in [2.45, 2.75) is 19.9 Å². The maximum absolute atomic E-state index is 10.7. The Labute approximate surface area is 95.5 Å². The molecule has 2 aromatic rings. The standard InChI is InChI=1S/C14H15NO/c1-12-4-2-5-13(10-12)7-9-15-8-3-6-14(15)11-16/h2-6,8,10-11H,7,9H2,1H3. The van der Waals surface area contributed by atoms with Crippen molar-refractivity contribution in [3.8, 4) is 0 Å². The fraction of sp³-hybridized carbons (Fsp3) is 0.214. The third-order valence-electron chi connectivity index (χ3n) is 2.71. The van der Waals surface area contributed by atoms with Crippen molar-refractivity contribution in [3.05, 3.63) is 59.4 Å². The van der Waals surface area contributed by atoms with Gasteiger partial charge in [0.25, 0.3) is 0 Å². The zero-order valence-electron chi connectivity index (χ0n) is 9.39. The van der Waals surface area contributed by atoms with Crippen LogP contribution in [0, 0.1) is 6.92 Å². The highest BCUT2D eigenvalue weighted by Crippen LogP contribution is 2.07. The van der Waals surface area contributed by atoms with Gasteiger partial charge in [0.2, 0.25) is 0 Å². The molecule has 0 radical (unpaired) electrons. The minimum Gasteiger partial charge on any atom is -0.345 e. The van der Waals surface area contributed by atoms with E-state index in [4.69, 9.17) is 0 Å². The highest BCUT2D eigenvalue weighted by molar-refractivity contribution is 5.72. The van der Waals surface area contributed by atoms with Gasteiger partial charge in [-0.3, -0.25) is 4.79 Å². The van der Waals surface area contributed by atoms with Crippen LogP contribution in [0.1, 0.15) is 21.6 Å². The second kappa shape index (κ2) is 4.79. The summed E-state index contributed by atoms with van der Waals surface area (Å²) in [6.45, 7) is 2.94. The summed E-state index contributed by atoms with van der Waals surface area (Å²) in [5, 5.41) is 0. The van der Waals surface area contributed by atoms with E-state index in [1.54, 1.807) is 0 Å². The van der Waals surface area contributed by atoms with E-state index in [0.717, 1.165) is 24.9 Å². The molecule has 0 aliphatic carbocycles. The Kier molecular flexibility index (Phi) is 3.20. The smallest absolute Gasteiger partial charge is 0.166 e. The lowest BCUT2D eigenvalue weighted by Gasteiger charge is -2.06. The van der Waals surface area contributed by atoms with Gasteiger partial charge in [0.15, 0.2) is 6.29 Å². The highest BCUT2D eigenvalue weighted by Gasteiger charge is 1.99. The van der Waals surface area contributed by atoms with Crippen molar-refractivity contribution in [3.63, 3.8) is 0 Å². The summed E-state index contributed by atoms with van der Waals surface area (Å²) in [4.78, 5) is 10.7. The Morgan fingerprint density at radius 3 is 2.88 bits per heavy atom. The van der Waals surface area contributed by atoms with E-state index >= 15 is 0 Å². The van der Waals surface area contributed by atoms with Crippen molar-refractivity contribution >= 4 is 6.29 Å². The van der Waals surface area contributed by atoms with Gasteiger partial charge in [0.1, 0.15) is 0 Å². The number of aldehydes is 1. The number of carbonyl (C=O) groups is 1. The molecule has 0 bridgehead atoms. The highest BCUT2D eigenvalue weighted by atomic mass is 16.1. The fourth-order valence-electron chi connectivity index (χ4n) is 1.86. The molecule has 0 saturated carbocycles. The number of aryl methyl sites for hydroxylation is 3. The second-order valence-corrected chi connectivity index (χ2v) is 3.98. The molecule has 82 valence electrons. The lowest BCUT2D eigenvalue weighted by molar-refractivity contribution is 0.111. The van der Waals surface area contributed by atoms with Crippen LogP contribution in [0.25, 0.3) is 0 Å². The van der Waals surface area contributed by atoms with Gasteiger partial charge in [-0.1, -0.05) is 29.8 Å². The second-order valence-electron chi connectivity index (χ2n) is 3.98. The van der Waals surface area contributed by atoms with E-state index in [1.807, 2.05) is 22.9 Å². The number of aromatic nitrogens is 1. The van der Waals surface area contributed by atoms with Gasteiger partial charge in [0, 0.05) is 12.7 Å². The first-order valence-corrected chi connectivity index (χ1v) is 5.45. The fourth-order valence-corrected chi connectivity index (χ4v) is 1.86. The molecule has 0 unspecified atom stereocenters. The minimum absolute atomic E-state index is 0.743. The van der Waals surface area contributed by atoms with Crippen LogP contribution in [0.15, 0.2) is 42.6 Å². The molecule has 1 aromatic heterocycles. The predicted molar refractivity (Wildman–Crippen MR) is 64.7 cm³/mol. The summed E-state index contributed by atoms with van der Waals surface area (Å²) in [7, 11) is 0. The lowest BCUT2D eigenvalue weighted by Crippen LogP contribution is -2.03. The molecule has 0 amide bonds. The zero-order chi connectivity index (χ0) is 11.4. The number of rotatable bonds is 4. The van der Waals surface area contributed by atoms with Crippen LogP contribution in [-0.4, -0.2) is 10.9 Å². The van der Waals surface area contributed by atoms with Crippen molar-refractivity contribution in [2.75, 3.05) is 0 Å². The summed E-state index contributed by atoms with van der Waals surface area (Å²) >= 11 is 0. The van der Waals surface area contributed by atoms with Crippen LogP contribution >= 0.6 is 0 Å². The van der Waals surface area contributed by atoms with E-state index < -0.39 is 0 Å².